The molecule has 0 saturated carbocycles. The van der Waals surface area contributed by atoms with Crippen molar-refractivity contribution in [3.05, 3.63) is 27.7 Å². The van der Waals surface area contributed by atoms with Crippen LogP contribution in [0.3, 0.4) is 0 Å². The molecule has 15 heavy (non-hydrogen) atoms. The molecule has 0 radical (unpaired) electrons. The van der Waals surface area contributed by atoms with Crippen LogP contribution in [0.1, 0.15) is 35.7 Å². The molecule has 82 valence electrons. The lowest BCUT2D eigenvalue weighted by molar-refractivity contribution is 0.112. The van der Waals surface area contributed by atoms with Gasteiger partial charge in [0, 0.05) is 4.47 Å². The summed E-state index contributed by atoms with van der Waals surface area (Å²) in [6.07, 6.45) is 4.10. The molecule has 0 heterocycles. The third-order valence-corrected chi connectivity index (χ3v) is 3.06. The van der Waals surface area contributed by atoms with Gasteiger partial charge in [-0.3, -0.25) is 4.79 Å². The number of hydrogen-bond acceptors (Lipinski definition) is 2. The van der Waals surface area contributed by atoms with Crippen molar-refractivity contribution in [2.45, 2.75) is 26.2 Å². The average molecular weight is 271 g/mol. The van der Waals surface area contributed by atoms with Crippen LogP contribution in [0.2, 0.25) is 0 Å². The summed E-state index contributed by atoms with van der Waals surface area (Å²) in [6.45, 7) is 2.15. The largest absolute Gasteiger partial charge is 0.496 e. The first-order valence-corrected chi connectivity index (χ1v) is 5.83. The fraction of sp³-hybridized carbons (Fsp3) is 0.417. The molecule has 0 unspecified atom stereocenters. The third-order valence-electron chi connectivity index (χ3n) is 2.33. The Morgan fingerprint density at radius 3 is 2.73 bits per heavy atom. The second-order valence-electron chi connectivity index (χ2n) is 3.41. The molecule has 0 aliphatic heterocycles. The Labute approximate surface area is 98.8 Å². The van der Waals surface area contributed by atoms with Gasteiger partial charge in [0.2, 0.25) is 0 Å². The Morgan fingerprint density at radius 1 is 1.47 bits per heavy atom. The number of carbonyl (C=O) groups is 1. The molecule has 2 nitrogen and oxygen atoms in total. The van der Waals surface area contributed by atoms with Crippen LogP contribution in [-0.2, 0) is 6.42 Å². The summed E-state index contributed by atoms with van der Waals surface area (Å²) in [4.78, 5) is 10.8. The molecule has 1 rings (SSSR count). The number of hydrogen-bond donors (Lipinski definition) is 0. The number of carbonyl (C=O) groups excluding carboxylic acids is 1. The van der Waals surface area contributed by atoms with E-state index in [1.165, 1.54) is 5.56 Å². The molecule has 0 aliphatic rings. The van der Waals surface area contributed by atoms with Crippen molar-refractivity contribution in [3.8, 4) is 5.75 Å². The highest BCUT2D eigenvalue weighted by molar-refractivity contribution is 9.10. The summed E-state index contributed by atoms with van der Waals surface area (Å²) in [7, 11) is 1.57. The van der Waals surface area contributed by atoms with Crippen LogP contribution in [0.25, 0.3) is 0 Å². The lowest BCUT2D eigenvalue weighted by atomic mass is 10.1. The Hall–Kier alpha value is -0.830. The number of halogens is 1. The SMILES string of the molecule is CCCCc1cc(C=O)c(OC)cc1Br. The summed E-state index contributed by atoms with van der Waals surface area (Å²) in [6, 6.07) is 3.75. The van der Waals surface area contributed by atoms with Gasteiger partial charge in [0.1, 0.15) is 5.75 Å². The molecular formula is C12H15BrO2. The second kappa shape index (κ2) is 5.91. The average Bonchev–Trinajstić information content (AvgIpc) is 2.27. The first kappa shape index (κ1) is 12.2. The minimum absolute atomic E-state index is 0.617. The zero-order valence-electron chi connectivity index (χ0n) is 9.05. The van der Waals surface area contributed by atoms with Gasteiger partial charge in [-0.05, 0) is 30.5 Å². The zero-order valence-corrected chi connectivity index (χ0v) is 10.6. The predicted molar refractivity (Wildman–Crippen MR) is 64.7 cm³/mol. The maximum atomic E-state index is 10.8. The van der Waals surface area contributed by atoms with E-state index < -0.39 is 0 Å². The molecule has 0 fully saturated rings. The van der Waals surface area contributed by atoms with Gasteiger partial charge in [-0.15, -0.1) is 0 Å². The summed E-state index contributed by atoms with van der Waals surface area (Å²) < 4.78 is 6.13. The molecule has 1 aromatic carbocycles. The number of aryl methyl sites for hydroxylation is 1. The van der Waals surface area contributed by atoms with E-state index in [-0.39, 0.29) is 0 Å². The number of unbranched alkanes of at least 4 members (excludes halogenated alkanes) is 1. The van der Waals surface area contributed by atoms with Crippen molar-refractivity contribution in [1.82, 2.24) is 0 Å². The van der Waals surface area contributed by atoms with Gasteiger partial charge in [0.25, 0.3) is 0 Å². The van der Waals surface area contributed by atoms with Gasteiger partial charge in [-0.25, -0.2) is 0 Å². The molecule has 0 N–H and O–H groups in total. The van der Waals surface area contributed by atoms with Gasteiger partial charge in [-0.1, -0.05) is 29.3 Å². The van der Waals surface area contributed by atoms with Gasteiger partial charge in [0.15, 0.2) is 6.29 Å². The highest BCUT2D eigenvalue weighted by Gasteiger charge is 2.07. The van der Waals surface area contributed by atoms with E-state index in [4.69, 9.17) is 4.74 Å². The molecule has 0 aromatic heterocycles. The molecule has 3 heteroatoms. The van der Waals surface area contributed by atoms with Gasteiger partial charge in [-0.2, -0.15) is 0 Å². The zero-order chi connectivity index (χ0) is 11.3. The van der Waals surface area contributed by atoms with Gasteiger partial charge in [0.05, 0.1) is 12.7 Å². The van der Waals surface area contributed by atoms with Crippen molar-refractivity contribution in [1.29, 1.82) is 0 Å². The molecule has 1 aromatic rings. The normalized spacial score (nSPS) is 10.1. The predicted octanol–water partition coefficient (Wildman–Crippen LogP) is 3.61. The number of aldehydes is 1. The summed E-state index contributed by atoms with van der Waals surface area (Å²) >= 11 is 3.49. The minimum Gasteiger partial charge on any atom is -0.496 e. The topological polar surface area (TPSA) is 26.3 Å². The Kier molecular flexibility index (Phi) is 4.82. The smallest absolute Gasteiger partial charge is 0.153 e. The van der Waals surface area contributed by atoms with Crippen molar-refractivity contribution < 1.29 is 9.53 Å². The van der Waals surface area contributed by atoms with Crippen LogP contribution >= 0.6 is 15.9 Å². The standard InChI is InChI=1S/C12H15BrO2/c1-3-4-5-9-6-10(8-14)12(15-2)7-11(9)13/h6-8H,3-5H2,1-2H3. The van der Waals surface area contributed by atoms with Crippen molar-refractivity contribution in [2.75, 3.05) is 7.11 Å². The highest BCUT2D eigenvalue weighted by Crippen LogP contribution is 2.27. The van der Waals surface area contributed by atoms with Crippen LogP contribution < -0.4 is 4.74 Å². The van der Waals surface area contributed by atoms with E-state index >= 15 is 0 Å². The van der Waals surface area contributed by atoms with E-state index in [9.17, 15) is 4.79 Å². The van der Waals surface area contributed by atoms with Crippen LogP contribution in [-0.4, -0.2) is 13.4 Å². The Bertz CT molecular complexity index is 348. The quantitative estimate of drug-likeness (QED) is 0.765. The number of benzene rings is 1. The summed E-state index contributed by atoms with van der Waals surface area (Å²) in [5, 5.41) is 0. The molecule has 0 atom stereocenters. The third kappa shape index (κ3) is 3.06. The molecule has 0 saturated heterocycles. The van der Waals surface area contributed by atoms with E-state index in [0.29, 0.717) is 11.3 Å². The molecule has 0 spiro atoms. The Morgan fingerprint density at radius 2 is 2.20 bits per heavy atom. The molecule has 0 aliphatic carbocycles. The summed E-state index contributed by atoms with van der Waals surface area (Å²) in [5.74, 6) is 0.622. The number of ether oxygens (including phenoxy) is 1. The molecule has 0 amide bonds. The fourth-order valence-electron chi connectivity index (χ4n) is 1.45. The first-order valence-electron chi connectivity index (χ1n) is 5.04. The van der Waals surface area contributed by atoms with Crippen LogP contribution in [0.15, 0.2) is 16.6 Å². The van der Waals surface area contributed by atoms with Crippen LogP contribution in [0, 0.1) is 0 Å². The van der Waals surface area contributed by atoms with E-state index in [1.54, 1.807) is 7.11 Å². The lowest BCUT2D eigenvalue weighted by Crippen LogP contribution is -1.95. The minimum atomic E-state index is 0.617. The maximum absolute atomic E-state index is 10.8. The van der Waals surface area contributed by atoms with Crippen LogP contribution in [0.4, 0.5) is 0 Å². The Balaban J connectivity index is 3.02. The fourth-order valence-corrected chi connectivity index (χ4v) is 1.97. The van der Waals surface area contributed by atoms with E-state index in [2.05, 4.69) is 22.9 Å². The molecule has 0 bridgehead atoms. The molecular weight excluding hydrogens is 256 g/mol. The van der Waals surface area contributed by atoms with Gasteiger partial charge >= 0.3 is 0 Å². The second-order valence-corrected chi connectivity index (χ2v) is 4.26. The first-order chi connectivity index (χ1) is 7.22. The number of methoxy groups -OCH3 is 1. The van der Waals surface area contributed by atoms with E-state index in [1.807, 2.05) is 12.1 Å². The van der Waals surface area contributed by atoms with Crippen molar-refractivity contribution >= 4 is 22.2 Å². The van der Waals surface area contributed by atoms with Crippen LogP contribution in [0.5, 0.6) is 5.75 Å². The van der Waals surface area contributed by atoms with Gasteiger partial charge < -0.3 is 4.74 Å². The highest BCUT2D eigenvalue weighted by atomic mass is 79.9. The van der Waals surface area contributed by atoms with Crippen molar-refractivity contribution in [2.24, 2.45) is 0 Å². The lowest BCUT2D eigenvalue weighted by Gasteiger charge is -2.09. The maximum Gasteiger partial charge on any atom is 0.153 e. The van der Waals surface area contributed by atoms with Crippen molar-refractivity contribution in [3.63, 3.8) is 0 Å². The summed E-state index contributed by atoms with van der Waals surface area (Å²) in [5.41, 5.74) is 1.78. The van der Waals surface area contributed by atoms with E-state index in [0.717, 1.165) is 30.0 Å². The monoisotopic (exact) mass is 270 g/mol. The number of rotatable bonds is 5.